The number of aliphatic hydroxyl groups is 1. The highest BCUT2D eigenvalue weighted by Crippen LogP contribution is 2.20. The largest absolute Gasteiger partial charge is 0.497 e. The van der Waals surface area contributed by atoms with Gasteiger partial charge in [0.2, 0.25) is 0 Å². The molecule has 0 radical (unpaired) electrons. The molecule has 26 heavy (non-hydrogen) atoms. The number of benzene rings is 1. The van der Waals surface area contributed by atoms with Crippen LogP contribution < -0.4 is 9.47 Å². The molecule has 2 atom stereocenters. The quantitative estimate of drug-likeness (QED) is 0.721. The third-order valence-electron chi connectivity index (χ3n) is 5.10. The molecule has 0 amide bonds. The van der Waals surface area contributed by atoms with E-state index < -0.39 is 15.9 Å². The van der Waals surface area contributed by atoms with E-state index in [0.29, 0.717) is 23.8 Å². The van der Waals surface area contributed by atoms with Crippen LogP contribution in [0.1, 0.15) is 6.42 Å². The van der Waals surface area contributed by atoms with E-state index in [1.165, 1.54) is 0 Å². The van der Waals surface area contributed by atoms with E-state index in [0.717, 1.165) is 38.3 Å². The van der Waals surface area contributed by atoms with E-state index in [1.54, 1.807) is 7.11 Å². The zero-order valence-corrected chi connectivity index (χ0v) is 16.0. The lowest BCUT2D eigenvalue weighted by molar-refractivity contribution is 0.0389. The van der Waals surface area contributed by atoms with E-state index >= 15 is 0 Å². The molecule has 1 N–H and O–H groups in total. The minimum absolute atomic E-state index is 0.172. The van der Waals surface area contributed by atoms with Gasteiger partial charge in [0, 0.05) is 38.8 Å². The molecule has 8 heteroatoms. The van der Waals surface area contributed by atoms with Crippen molar-refractivity contribution in [3.05, 3.63) is 24.3 Å². The fourth-order valence-electron chi connectivity index (χ4n) is 3.59. The Morgan fingerprint density at radius 1 is 1.15 bits per heavy atom. The van der Waals surface area contributed by atoms with Crippen molar-refractivity contribution in [3.63, 3.8) is 0 Å². The van der Waals surface area contributed by atoms with Crippen LogP contribution in [-0.2, 0) is 9.84 Å². The molecule has 146 valence electrons. The first kappa shape index (κ1) is 19.4. The number of piperazine rings is 1. The van der Waals surface area contributed by atoms with Gasteiger partial charge >= 0.3 is 0 Å². The highest BCUT2D eigenvalue weighted by molar-refractivity contribution is 7.91. The van der Waals surface area contributed by atoms with Crippen LogP contribution in [0.4, 0.5) is 0 Å². The van der Waals surface area contributed by atoms with E-state index in [-0.39, 0.29) is 12.6 Å². The summed E-state index contributed by atoms with van der Waals surface area (Å²) in [5, 5.41) is 10.2. The molecule has 0 aromatic heterocycles. The van der Waals surface area contributed by atoms with Crippen molar-refractivity contribution in [1.82, 2.24) is 9.80 Å². The van der Waals surface area contributed by atoms with Crippen molar-refractivity contribution in [3.8, 4) is 11.5 Å². The summed E-state index contributed by atoms with van der Waals surface area (Å²) in [4.78, 5) is 4.49. The van der Waals surface area contributed by atoms with E-state index in [9.17, 15) is 13.5 Å². The first-order valence-electron chi connectivity index (χ1n) is 9.07. The van der Waals surface area contributed by atoms with Gasteiger partial charge in [0.1, 0.15) is 24.2 Å². The molecular formula is C18H28N2O5S. The van der Waals surface area contributed by atoms with Crippen molar-refractivity contribution in [1.29, 1.82) is 0 Å². The lowest BCUT2D eigenvalue weighted by atomic mass is 10.2. The Labute approximate surface area is 155 Å². The van der Waals surface area contributed by atoms with Gasteiger partial charge < -0.3 is 14.6 Å². The summed E-state index contributed by atoms with van der Waals surface area (Å²) in [5.41, 5.74) is 0. The Morgan fingerprint density at radius 2 is 1.81 bits per heavy atom. The summed E-state index contributed by atoms with van der Waals surface area (Å²) in [6.07, 6.45) is 0.191. The van der Waals surface area contributed by atoms with Crippen molar-refractivity contribution in [2.24, 2.45) is 0 Å². The number of aliphatic hydroxyl groups excluding tert-OH is 1. The maximum Gasteiger partial charge on any atom is 0.151 e. The van der Waals surface area contributed by atoms with Crippen LogP contribution in [0.15, 0.2) is 24.3 Å². The van der Waals surface area contributed by atoms with Gasteiger partial charge in [0.25, 0.3) is 0 Å². The van der Waals surface area contributed by atoms with Gasteiger partial charge in [-0.2, -0.15) is 0 Å². The SMILES string of the molecule is COc1ccc(OC[C@H](O)CN2CCN([C@@H]3CCS(=O)(=O)C3)CC2)cc1. The lowest BCUT2D eigenvalue weighted by Gasteiger charge is -2.38. The molecule has 0 spiro atoms. The zero-order valence-electron chi connectivity index (χ0n) is 15.2. The highest BCUT2D eigenvalue weighted by Gasteiger charge is 2.33. The summed E-state index contributed by atoms with van der Waals surface area (Å²) in [7, 11) is -1.22. The van der Waals surface area contributed by atoms with E-state index in [2.05, 4.69) is 9.80 Å². The molecule has 2 aliphatic heterocycles. The smallest absolute Gasteiger partial charge is 0.151 e. The van der Waals surface area contributed by atoms with Crippen molar-refractivity contribution in [2.75, 3.05) is 57.9 Å². The molecule has 0 saturated carbocycles. The molecule has 0 aliphatic carbocycles. The third-order valence-corrected chi connectivity index (χ3v) is 6.85. The molecule has 1 aromatic rings. The van der Waals surface area contributed by atoms with Crippen LogP contribution >= 0.6 is 0 Å². The summed E-state index contributed by atoms with van der Waals surface area (Å²) < 4.78 is 34.0. The summed E-state index contributed by atoms with van der Waals surface area (Å²) >= 11 is 0. The van der Waals surface area contributed by atoms with Crippen LogP contribution in [0, 0.1) is 0 Å². The Morgan fingerprint density at radius 3 is 2.38 bits per heavy atom. The van der Waals surface area contributed by atoms with Gasteiger partial charge in [0.05, 0.1) is 18.6 Å². The van der Waals surface area contributed by atoms with E-state index in [4.69, 9.17) is 9.47 Å². The summed E-state index contributed by atoms with van der Waals surface area (Å²) in [6.45, 7) is 4.20. The average molecular weight is 384 g/mol. The number of hydrogen-bond acceptors (Lipinski definition) is 7. The maximum atomic E-state index is 11.6. The topological polar surface area (TPSA) is 79.3 Å². The first-order valence-corrected chi connectivity index (χ1v) is 10.9. The van der Waals surface area contributed by atoms with Gasteiger partial charge in [0.15, 0.2) is 9.84 Å². The standard InChI is InChI=1S/C18H28N2O5S/c1-24-17-2-4-18(5-3-17)25-13-16(21)12-19-7-9-20(10-8-19)15-6-11-26(22,23)14-15/h2-5,15-16,21H,6-14H2,1H3/t15-,16-/m1/s1. The maximum absolute atomic E-state index is 11.6. The Kier molecular flexibility index (Phi) is 6.39. The summed E-state index contributed by atoms with van der Waals surface area (Å²) in [6, 6.07) is 7.46. The van der Waals surface area contributed by atoms with Gasteiger partial charge in [-0.1, -0.05) is 0 Å². The lowest BCUT2D eigenvalue weighted by Crippen LogP contribution is -2.52. The number of rotatable bonds is 7. The predicted octanol–water partition coefficient (Wildman–Crippen LogP) is 0.240. The predicted molar refractivity (Wildman–Crippen MR) is 99.6 cm³/mol. The zero-order chi connectivity index (χ0) is 18.6. The third kappa shape index (κ3) is 5.33. The van der Waals surface area contributed by atoms with Crippen LogP contribution in [0.25, 0.3) is 0 Å². The number of nitrogens with zero attached hydrogens (tertiary/aromatic N) is 2. The van der Waals surface area contributed by atoms with Gasteiger partial charge in [-0.3, -0.25) is 9.80 Å². The second kappa shape index (κ2) is 8.56. The first-order chi connectivity index (χ1) is 12.4. The summed E-state index contributed by atoms with van der Waals surface area (Å²) in [5.74, 6) is 2.09. The Hall–Kier alpha value is -1.35. The molecule has 0 bridgehead atoms. The molecule has 2 saturated heterocycles. The number of hydrogen-bond donors (Lipinski definition) is 1. The molecule has 1 aromatic carbocycles. The molecule has 7 nitrogen and oxygen atoms in total. The minimum atomic E-state index is -2.84. The number of ether oxygens (including phenoxy) is 2. The molecule has 0 unspecified atom stereocenters. The fraction of sp³-hybridized carbons (Fsp3) is 0.667. The van der Waals surface area contributed by atoms with Crippen LogP contribution in [-0.4, -0.2) is 93.4 Å². The van der Waals surface area contributed by atoms with Gasteiger partial charge in [-0.05, 0) is 30.7 Å². The molecule has 2 fully saturated rings. The number of methoxy groups -OCH3 is 1. The van der Waals surface area contributed by atoms with Gasteiger partial charge in [-0.15, -0.1) is 0 Å². The van der Waals surface area contributed by atoms with Gasteiger partial charge in [-0.25, -0.2) is 8.42 Å². The van der Waals surface area contributed by atoms with Crippen molar-refractivity contribution < 1.29 is 23.0 Å². The molecule has 3 rings (SSSR count). The monoisotopic (exact) mass is 384 g/mol. The Balaban J connectivity index is 1.37. The van der Waals surface area contributed by atoms with Crippen LogP contribution in [0.5, 0.6) is 11.5 Å². The van der Waals surface area contributed by atoms with Crippen LogP contribution in [0.3, 0.4) is 0 Å². The van der Waals surface area contributed by atoms with Crippen LogP contribution in [0.2, 0.25) is 0 Å². The molecular weight excluding hydrogens is 356 g/mol. The second-order valence-electron chi connectivity index (χ2n) is 7.03. The minimum Gasteiger partial charge on any atom is -0.497 e. The Bertz CT molecular complexity index is 671. The second-order valence-corrected chi connectivity index (χ2v) is 9.26. The van der Waals surface area contributed by atoms with Crippen molar-refractivity contribution in [2.45, 2.75) is 18.6 Å². The number of sulfone groups is 1. The van der Waals surface area contributed by atoms with E-state index in [1.807, 2.05) is 24.3 Å². The normalized spacial score (nSPS) is 25.1. The average Bonchev–Trinajstić information content (AvgIpc) is 3.01. The molecule has 2 heterocycles. The highest BCUT2D eigenvalue weighted by atomic mass is 32.2. The molecule has 2 aliphatic rings. The van der Waals surface area contributed by atoms with Crippen molar-refractivity contribution >= 4 is 9.84 Å². The fourth-order valence-corrected chi connectivity index (χ4v) is 5.35. The number of β-amino-alcohol motifs (C(OH)–C–C–N with tert-alkyl or cyclic N) is 1.